The second-order valence-electron chi connectivity index (χ2n) is 4.24. The van der Waals surface area contributed by atoms with E-state index < -0.39 is 8.37 Å². The van der Waals surface area contributed by atoms with Gasteiger partial charge >= 0.3 is 0 Å². The Balaban J connectivity index is 1.83. The van der Waals surface area contributed by atoms with Crippen LogP contribution in [0.15, 0.2) is 60.7 Å². The molecule has 1 heterocycles. The fourth-order valence-electron chi connectivity index (χ4n) is 2.22. The lowest BCUT2D eigenvalue weighted by Gasteiger charge is -2.28. The summed E-state index contributed by atoms with van der Waals surface area (Å²) in [4.78, 5) is 0. The molecule has 1 fully saturated rings. The van der Waals surface area contributed by atoms with Crippen LogP contribution >= 0.6 is 8.37 Å². The average molecular weight is 257 g/mol. The summed E-state index contributed by atoms with van der Waals surface area (Å²) in [6.07, 6.45) is 0. The van der Waals surface area contributed by atoms with Crippen LogP contribution in [0.25, 0.3) is 0 Å². The third-order valence-electron chi connectivity index (χ3n) is 3.13. The zero-order valence-corrected chi connectivity index (χ0v) is 11.0. The molecule has 2 N–H and O–H groups in total. The molecule has 4 heteroatoms. The number of benzene rings is 2. The van der Waals surface area contributed by atoms with E-state index in [2.05, 4.69) is 57.9 Å². The molecule has 0 radical (unpaired) electrons. The molecular weight excluding hydrogens is 241 g/mol. The van der Waals surface area contributed by atoms with Gasteiger partial charge in [-0.05, 0) is 24.3 Å². The topological polar surface area (TPSA) is 32.5 Å². The van der Waals surface area contributed by atoms with E-state index in [1.165, 1.54) is 11.4 Å². The summed E-state index contributed by atoms with van der Waals surface area (Å²) in [5.41, 5.74) is 8.83. The van der Waals surface area contributed by atoms with Crippen LogP contribution in [-0.2, 0) is 0 Å². The molecule has 2 aromatic rings. The molecular formula is C14H16N3P. The smallest absolute Gasteiger partial charge is 0.173 e. The lowest BCUT2D eigenvalue weighted by molar-refractivity contribution is 1.02. The molecule has 0 aliphatic carbocycles. The van der Waals surface area contributed by atoms with Gasteiger partial charge in [0.25, 0.3) is 0 Å². The van der Waals surface area contributed by atoms with Gasteiger partial charge in [-0.25, -0.2) is 0 Å². The van der Waals surface area contributed by atoms with Gasteiger partial charge in [-0.1, -0.05) is 36.4 Å². The molecule has 18 heavy (non-hydrogen) atoms. The second kappa shape index (κ2) is 4.97. The number of nitrogens with zero attached hydrogens (tertiary/aromatic N) is 2. The Morgan fingerprint density at radius 1 is 0.722 bits per heavy atom. The molecule has 1 saturated heterocycles. The van der Waals surface area contributed by atoms with Crippen LogP contribution in [0.3, 0.4) is 0 Å². The Hall–Kier alpha value is -1.57. The van der Waals surface area contributed by atoms with Crippen molar-refractivity contribution in [1.29, 1.82) is 0 Å². The predicted molar refractivity (Wildman–Crippen MR) is 78.7 cm³/mol. The highest BCUT2D eigenvalue weighted by Crippen LogP contribution is 2.46. The van der Waals surface area contributed by atoms with Crippen molar-refractivity contribution in [3.8, 4) is 0 Å². The van der Waals surface area contributed by atoms with Crippen LogP contribution in [-0.4, -0.2) is 13.1 Å². The quantitative estimate of drug-likeness (QED) is 0.838. The molecule has 0 aromatic heterocycles. The molecule has 92 valence electrons. The number of para-hydroxylation sites is 2. The highest BCUT2D eigenvalue weighted by molar-refractivity contribution is 7.59. The fourth-order valence-corrected chi connectivity index (χ4v) is 3.81. The van der Waals surface area contributed by atoms with Gasteiger partial charge in [0.05, 0.1) is 0 Å². The first-order valence-corrected chi connectivity index (χ1v) is 7.38. The standard InChI is InChI=1S/C14H16N3P/c15-18-16(13-7-3-1-4-8-13)11-12-17(18)14-9-5-2-6-10-14/h1-10H,11-12,15H2. The summed E-state index contributed by atoms with van der Waals surface area (Å²) >= 11 is 0. The Labute approximate surface area is 109 Å². The van der Waals surface area contributed by atoms with Crippen molar-refractivity contribution >= 4 is 19.7 Å². The maximum absolute atomic E-state index is 6.40. The van der Waals surface area contributed by atoms with Crippen LogP contribution in [0.2, 0.25) is 0 Å². The number of rotatable bonds is 2. The molecule has 1 aliphatic heterocycles. The normalized spacial score (nSPS) is 16.3. The first-order chi connectivity index (χ1) is 8.86. The van der Waals surface area contributed by atoms with Crippen LogP contribution in [0.1, 0.15) is 0 Å². The monoisotopic (exact) mass is 257 g/mol. The number of nitrogens with two attached hydrogens (primary N) is 1. The molecule has 0 atom stereocenters. The highest BCUT2D eigenvalue weighted by atomic mass is 31.1. The van der Waals surface area contributed by atoms with Crippen molar-refractivity contribution in [2.75, 3.05) is 22.4 Å². The Morgan fingerprint density at radius 3 is 1.50 bits per heavy atom. The number of hydrogen-bond donors (Lipinski definition) is 1. The van der Waals surface area contributed by atoms with E-state index in [-0.39, 0.29) is 0 Å². The largest absolute Gasteiger partial charge is 0.320 e. The van der Waals surface area contributed by atoms with Gasteiger partial charge < -0.3 is 9.34 Å². The summed E-state index contributed by atoms with van der Waals surface area (Å²) in [5.74, 6) is 0. The van der Waals surface area contributed by atoms with Gasteiger partial charge in [0.2, 0.25) is 0 Å². The van der Waals surface area contributed by atoms with E-state index in [0.717, 1.165) is 13.1 Å². The molecule has 0 saturated carbocycles. The van der Waals surface area contributed by atoms with Gasteiger partial charge in [-0.3, -0.25) is 5.50 Å². The van der Waals surface area contributed by atoms with Crippen LogP contribution < -0.4 is 14.8 Å². The summed E-state index contributed by atoms with van der Waals surface area (Å²) in [6, 6.07) is 20.8. The van der Waals surface area contributed by atoms with Crippen LogP contribution in [0.5, 0.6) is 0 Å². The lowest BCUT2D eigenvalue weighted by atomic mass is 10.3. The molecule has 0 bridgehead atoms. The summed E-state index contributed by atoms with van der Waals surface area (Å²) in [7, 11) is -0.778. The fraction of sp³-hybridized carbons (Fsp3) is 0.143. The van der Waals surface area contributed by atoms with Crippen molar-refractivity contribution in [2.45, 2.75) is 0 Å². The molecule has 0 unspecified atom stereocenters. The van der Waals surface area contributed by atoms with Gasteiger partial charge in [-0.15, -0.1) is 0 Å². The minimum absolute atomic E-state index is 0.778. The molecule has 0 spiro atoms. The zero-order chi connectivity index (χ0) is 12.4. The minimum Gasteiger partial charge on any atom is -0.320 e. The van der Waals surface area contributed by atoms with Crippen molar-refractivity contribution < 1.29 is 0 Å². The van der Waals surface area contributed by atoms with Crippen molar-refractivity contribution in [2.24, 2.45) is 5.50 Å². The third kappa shape index (κ3) is 2.07. The van der Waals surface area contributed by atoms with Crippen LogP contribution in [0, 0.1) is 0 Å². The van der Waals surface area contributed by atoms with E-state index in [9.17, 15) is 0 Å². The predicted octanol–water partition coefficient (Wildman–Crippen LogP) is 3.20. The van der Waals surface area contributed by atoms with E-state index in [0.29, 0.717) is 0 Å². The summed E-state index contributed by atoms with van der Waals surface area (Å²) in [6.45, 7) is 1.97. The maximum atomic E-state index is 6.40. The molecule has 1 aliphatic rings. The number of hydrogen-bond acceptors (Lipinski definition) is 3. The summed E-state index contributed by atoms with van der Waals surface area (Å²) in [5, 5.41) is 0. The SMILES string of the molecule is NP1N(c2ccccc2)CCN1c1ccccc1. The lowest BCUT2D eigenvalue weighted by Crippen LogP contribution is -2.19. The Morgan fingerprint density at radius 2 is 1.11 bits per heavy atom. The van der Waals surface area contributed by atoms with Gasteiger partial charge in [0.1, 0.15) is 0 Å². The second-order valence-corrected chi connectivity index (χ2v) is 5.84. The Bertz CT molecular complexity index is 455. The minimum atomic E-state index is -0.778. The average Bonchev–Trinajstić information content (AvgIpc) is 2.83. The summed E-state index contributed by atoms with van der Waals surface area (Å²) < 4.78 is 4.59. The van der Waals surface area contributed by atoms with Gasteiger partial charge in [-0.2, -0.15) is 0 Å². The van der Waals surface area contributed by atoms with Crippen molar-refractivity contribution in [3.63, 3.8) is 0 Å². The zero-order valence-electron chi connectivity index (χ0n) is 10.1. The maximum Gasteiger partial charge on any atom is 0.173 e. The van der Waals surface area contributed by atoms with Gasteiger partial charge in [0.15, 0.2) is 8.37 Å². The molecule has 2 aromatic carbocycles. The molecule has 0 amide bonds. The van der Waals surface area contributed by atoms with E-state index >= 15 is 0 Å². The first-order valence-electron chi connectivity index (χ1n) is 6.06. The van der Waals surface area contributed by atoms with Crippen molar-refractivity contribution in [1.82, 2.24) is 0 Å². The van der Waals surface area contributed by atoms with E-state index in [1.54, 1.807) is 0 Å². The van der Waals surface area contributed by atoms with E-state index in [4.69, 9.17) is 5.50 Å². The van der Waals surface area contributed by atoms with E-state index in [1.807, 2.05) is 12.1 Å². The van der Waals surface area contributed by atoms with Gasteiger partial charge in [0, 0.05) is 24.5 Å². The molecule has 3 nitrogen and oxygen atoms in total. The Kier molecular flexibility index (Phi) is 3.18. The van der Waals surface area contributed by atoms with Crippen molar-refractivity contribution in [3.05, 3.63) is 60.7 Å². The molecule has 3 rings (SSSR count). The number of anilines is 2. The third-order valence-corrected chi connectivity index (χ3v) is 4.98. The first kappa shape index (κ1) is 11.5. The highest BCUT2D eigenvalue weighted by Gasteiger charge is 2.29. The van der Waals surface area contributed by atoms with Crippen LogP contribution in [0.4, 0.5) is 11.4 Å².